The fourth-order valence-corrected chi connectivity index (χ4v) is 9.10. The highest BCUT2D eigenvalue weighted by atomic mass is 32.1. The average Bonchev–Trinajstić information content (AvgIpc) is 3.97. The van der Waals surface area contributed by atoms with E-state index < -0.39 is 41.2 Å². The van der Waals surface area contributed by atoms with Crippen LogP contribution in [-0.2, 0) is 39.9 Å². The molecule has 1 saturated heterocycles. The first-order chi connectivity index (χ1) is 35.2. The number of nitrogens with zero attached hydrogens (tertiary/aromatic N) is 5. The standard InChI is InChI=1S/C53H74FN9O9S/c1-36-46(73-35-58-36)38-16-14-37(15-17-38)31-56-49(66)44-30-41(64)33-63(44)51(68)47(53(2,3)4)60-45(65)34-71-28-10-26-69-24-6-7-25-70-27-11-29-72-42-20-18-40(19-21-42)59-52-57-32-43(54)48(61-52)55-22-9-23-62(5)50(67)39-12-8-13-39/h14-21,32,35,39,41,44,47,64H,6-13,22-31,33-34H2,1-5H3,(H,56,66)(H,60,65)(H2,55,57,59,61)/t41-,44+,47-/m1/s1. The summed E-state index contributed by atoms with van der Waals surface area (Å²) in [5, 5.41) is 22.4. The monoisotopic (exact) mass is 1030 g/mol. The van der Waals surface area contributed by atoms with Gasteiger partial charge in [0.1, 0.15) is 24.4 Å². The van der Waals surface area contributed by atoms with Crippen LogP contribution in [0.15, 0.2) is 60.2 Å². The lowest BCUT2D eigenvalue weighted by atomic mass is 9.84. The summed E-state index contributed by atoms with van der Waals surface area (Å²) in [4.78, 5) is 69.5. The highest BCUT2D eigenvalue weighted by Crippen LogP contribution is 2.30. The predicted octanol–water partition coefficient (Wildman–Crippen LogP) is 6.65. The van der Waals surface area contributed by atoms with E-state index in [0.29, 0.717) is 71.3 Å². The number of hydrogen-bond acceptors (Lipinski definition) is 15. The number of hydrogen-bond donors (Lipinski definition) is 5. The molecule has 3 heterocycles. The lowest BCUT2D eigenvalue weighted by Crippen LogP contribution is -2.58. The van der Waals surface area contributed by atoms with E-state index in [1.54, 1.807) is 16.2 Å². The van der Waals surface area contributed by atoms with E-state index in [2.05, 4.69) is 36.2 Å². The Bertz CT molecular complexity index is 2370. The van der Waals surface area contributed by atoms with Gasteiger partial charge in [0.2, 0.25) is 29.6 Å². The topological polar surface area (TPSA) is 219 Å². The van der Waals surface area contributed by atoms with Crippen LogP contribution in [0.4, 0.5) is 21.8 Å². The van der Waals surface area contributed by atoms with Crippen molar-refractivity contribution in [1.29, 1.82) is 0 Å². The molecule has 18 nitrogen and oxygen atoms in total. The lowest BCUT2D eigenvalue weighted by molar-refractivity contribution is -0.144. The van der Waals surface area contributed by atoms with Crippen LogP contribution in [0.3, 0.4) is 0 Å². The summed E-state index contributed by atoms with van der Waals surface area (Å²) in [5.74, 6) is -0.393. The van der Waals surface area contributed by atoms with E-state index in [1.807, 2.05) is 88.8 Å². The second-order valence-corrected chi connectivity index (χ2v) is 20.5. The first-order valence-electron chi connectivity index (χ1n) is 25.5. The Balaban J connectivity index is 0.763. The first-order valence-corrected chi connectivity index (χ1v) is 26.3. The quantitative estimate of drug-likeness (QED) is 0.0346. The Morgan fingerprint density at radius 1 is 0.904 bits per heavy atom. The molecule has 3 atom stereocenters. The number of aromatic nitrogens is 3. The van der Waals surface area contributed by atoms with Crippen molar-refractivity contribution in [2.24, 2.45) is 11.3 Å². The van der Waals surface area contributed by atoms with Crippen molar-refractivity contribution < 1.29 is 47.6 Å². The SMILES string of the molecule is Cc1ncsc1-c1ccc(CNC(=O)[C@@H]2C[C@@H](O)CN2C(=O)[C@@H](NC(=O)COCCCOCCCCOCCCOc2ccc(Nc3ncc(F)c(NCCCN(C)C(=O)C4CCC4)n3)cc2)C(C)(C)C)cc1. The summed E-state index contributed by atoms with van der Waals surface area (Å²) in [5.41, 5.74) is 4.76. The van der Waals surface area contributed by atoms with Crippen molar-refractivity contribution in [3.63, 3.8) is 0 Å². The van der Waals surface area contributed by atoms with Crippen LogP contribution >= 0.6 is 11.3 Å². The minimum absolute atomic E-state index is 0.00862. The molecule has 0 unspecified atom stereocenters. The van der Waals surface area contributed by atoms with Crippen LogP contribution < -0.4 is 26.0 Å². The number of carbonyl (C=O) groups excluding carboxylic acids is 4. The molecule has 2 fully saturated rings. The number of carbonyl (C=O) groups is 4. The van der Waals surface area contributed by atoms with E-state index in [0.717, 1.165) is 72.1 Å². The summed E-state index contributed by atoms with van der Waals surface area (Å²) < 4.78 is 37.3. The maximum absolute atomic E-state index is 14.4. The number of amides is 4. The number of aliphatic hydroxyl groups is 1. The molecule has 4 aromatic rings. The van der Waals surface area contributed by atoms with Gasteiger partial charge in [0.15, 0.2) is 11.6 Å². The lowest BCUT2D eigenvalue weighted by Gasteiger charge is -2.35. The molecular weight excluding hydrogens is 958 g/mol. The van der Waals surface area contributed by atoms with E-state index >= 15 is 0 Å². The third-order valence-corrected chi connectivity index (χ3v) is 13.7. The molecule has 2 aromatic heterocycles. The number of halogens is 1. The smallest absolute Gasteiger partial charge is 0.246 e. The highest BCUT2D eigenvalue weighted by Gasteiger charge is 2.44. The molecule has 20 heteroatoms. The number of benzene rings is 2. The Hall–Kier alpha value is -5.80. The van der Waals surface area contributed by atoms with Crippen LogP contribution in [0.5, 0.6) is 5.75 Å². The van der Waals surface area contributed by atoms with Gasteiger partial charge in [-0.1, -0.05) is 51.5 Å². The summed E-state index contributed by atoms with van der Waals surface area (Å²) in [6, 6.07) is 13.4. The molecule has 0 spiro atoms. The second-order valence-electron chi connectivity index (χ2n) is 19.7. The van der Waals surface area contributed by atoms with Gasteiger partial charge in [-0.05, 0) is 86.3 Å². The number of anilines is 3. The van der Waals surface area contributed by atoms with Gasteiger partial charge in [0, 0.05) is 90.7 Å². The zero-order valence-electron chi connectivity index (χ0n) is 43.0. The van der Waals surface area contributed by atoms with Gasteiger partial charge < -0.3 is 55.1 Å². The van der Waals surface area contributed by atoms with Gasteiger partial charge in [0.05, 0.1) is 35.0 Å². The molecule has 2 aromatic carbocycles. The number of ether oxygens (including phenoxy) is 4. The van der Waals surface area contributed by atoms with Crippen molar-refractivity contribution in [2.45, 2.75) is 110 Å². The molecule has 1 aliphatic heterocycles. The molecule has 4 amide bonds. The van der Waals surface area contributed by atoms with E-state index in [1.165, 1.54) is 4.90 Å². The fourth-order valence-electron chi connectivity index (χ4n) is 8.29. The van der Waals surface area contributed by atoms with Crippen LogP contribution in [0.25, 0.3) is 10.4 Å². The van der Waals surface area contributed by atoms with E-state index in [9.17, 15) is 28.7 Å². The Kier molecular flexibility index (Phi) is 22.1. The minimum Gasteiger partial charge on any atom is -0.494 e. The largest absolute Gasteiger partial charge is 0.494 e. The van der Waals surface area contributed by atoms with E-state index in [-0.39, 0.29) is 55.6 Å². The van der Waals surface area contributed by atoms with Crippen LogP contribution in [0.1, 0.15) is 89.8 Å². The Morgan fingerprint density at radius 2 is 1.59 bits per heavy atom. The number of aliphatic hydroxyl groups excluding tert-OH is 1. The maximum Gasteiger partial charge on any atom is 0.246 e. The fraction of sp³-hybridized carbons (Fsp3) is 0.566. The van der Waals surface area contributed by atoms with Gasteiger partial charge in [0.25, 0.3) is 0 Å². The maximum atomic E-state index is 14.4. The summed E-state index contributed by atoms with van der Waals surface area (Å²) in [6.07, 6.45) is 7.08. The number of likely N-dealkylation sites (tertiary alicyclic amines) is 1. The number of thiazole rings is 1. The van der Waals surface area contributed by atoms with Crippen molar-refractivity contribution >= 4 is 52.4 Å². The van der Waals surface area contributed by atoms with Crippen molar-refractivity contribution in [1.82, 2.24) is 35.4 Å². The first kappa shape index (κ1) is 56.5. The second kappa shape index (κ2) is 28.6. The molecule has 1 saturated carbocycles. The number of aryl methyl sites for hydroxylation is 1. The van der Waals surface area contributed by atoms with Crippen molar-refractivity contribution in [2.75, 3.05) is 83.6 Å². The zero-order valence-corrected chi connectivity index (χ0v) is 43.8. The minimum atomic E-state index is -0.947. The molecule has 0 radical (unpaired) electrons. The summed E-state index contributed by atoms with van der Waals surface area (Å²) in [7, 11) is 1.81. The van der Waals surface area contributed by atoms with Gasteiger partial charge in [-0.15, -0.1) is 11.3 Å². The molecule has 2 aliphatic rings. The Morgan fingerprint density at radius 3 is 2.25 bits per heavy atom. The molecule has 6 rings (SSSR count). The van der Waals surface area contributed by atoms with Gasteiger partial charge in [-0.25, -0.2) is 14.4 Å². The molecule has 0 bridgehead atoms. The normalized spacial score (nSPS) is 16.1. The van der Waals surface area contributed by atoms with Crippen LogP contribution in [0.2, 0.25) is 0 Å². The number of unbranched alkanes of at least 4 members (excludes halogenated alkanes) is 1. The summed E-state index contributed by atoms with van der Waals surface area (Å²) in [6.45, 7) is 11.6. The summed E-state index contributed by atoms with van der Waals surface area (Å²) >= 11 is 1.57. The zero-order chi connectivity index (χ0) is 52.2. The molecule has 1 aliphatic carbocycles. The van der Waals surface area contributed by atoms with Crippen molar-refractivity contribution in [3.8, 4) is 16.2 Å². The molecular formula is C53H74FN9O9S. The van der Waals surface area contributed by atoms with Gasteiger partial charge >= 0.3 is 0 Å². The van der Waals surface area contributed by atoms with Crippen molar-refractivity contribution in [3.05, 3.63) is 77.3 Å². The molecule has 5 N–H and O–H groups in total. The molecule has 398 valence electrons. The van der Waals surface area contributed by atoms with Gasteiger partial charge in [-0.2, -0.15) is 4.98 Å². The van der Waals surface area contributed by atoms with Crippen LogP contribution in [-0.4, -0.2) is 145 Å². The average molecular weight is 1030 g/mol. The number of β-amino-alcohol motifs (C(OH)–C–C–N with tert-alkyl or cyclic N) is 1. The number of rotatable bonds is 30. The van der Waals surface area contributed by atoms with Gasteiger partial charge in [-0.3, -0.25) is 19.2 Å². The Labute approximate surface area is 432 Å². The predicted molar refractivity (Wildman–Crippen MR) is 278 cm³/mol. The number of nitrogens with one attached hydrogen (secondary N) is 4. The molecule has 73 heavy (non-hydrogen) atoms. The van der Waals surface area contributed by atoms with Crippen LogP contribution in [0, 0.1) is 24.1 Å². The third kappa shape index (κ3) is 18.0. The van der Waals surface area contributed by atoms with E-state index in [4.69, 9.17) is 18.9 Å². The highest BCUT2D eigenvalue weighted by molar-refractivity contribution is 7.13. The third-order valence-electron chi connectivity index (χ3n) is 12.7.